The molecule has 0 unspecified atom stereocenters. The molecule has 0 bridgehead atoms. The molecule has 16 heavy (non-hydrogen) atoms. The van der Waals surface area contributed by atoms with Crippen LogP contribution in [0.15, 0.2) is 23.8 Å². The summed E-state index contributed by atoms with van der Waals surface area (Å²) in [6, 6.07) is 0.733. The second-order valence-corrected chi connectivity index (χ2v) is 4.53. The van der Waals surface area contributed by atoms with Gasteiger partial charge in [0.2, 0.25) is 0 Å². The van der Waals surface area contributed by atoms with Crippen LogP contribution in [0.3, 0.4) is 0 Å². The number of nitrogens with zero attached hydrogens (tertiary/aromatic N) is 1. The van der Waals surface area contributed by atoms with Crippen molar-refractivity contribution in [3.05, 3.63) is 23.8 Å². The second-order valence-electron chi connectivity index (χ2n) is 4.53. The standard InChI is InChI=1S/C14H26N2/c1-4-6-13(7-5-2)12-16-10-8-14(15-3)9-11-16/h4,6-7,14-15H,5,8-12H2,1-3H3/b6-4-,13-7+. The van der Waals surface area contributed by atoms with E-state index < -0.39 is 0 Å². The van der Waals surface area contributed by atoms with E-state index in [0.29, 0.717) is 0 Å². The van der Waals surface area contributed by atoms with Gasteiger partial charge in [0.05, 0.1) is 0 Å². The van der Waals surface area contributed by atoms with Crippen LogP contribution in [0.5, 0.6) is 0 Å². The molecule has 1 saturated heterocycles. The van der Waals surface area contributed by atoms with Crippen LogP contribution in [0.2, 0.25) is 0 Å². The zero-order valence-electron chi connectivity index (χ0n) is 11.0. The van der Waals surface area contributed by atoms with Crippen molar-refractivity contribution < 1.29 is 0 Å². The van der Waals surface area contributed by atoms with Gasteiger partial charge < -0.3 is 5.32 Å². The van der Waals surface area contributed by atoms with Crippen LogP contribution in [0, 0.1) is 0 Å². The predicted octanol–water partition coefficient (Wildman–Crippen LogP) is 2.58. The highest BCUT2D eigenvalue weighted by atomic mass is 15.1. The first-order chi connectivity index (χ1) is 7.80. The Morgan fingerprint density at radius 2 is 2.06 bits per heavy atom. The quantitative estimate of drug-likeness (QED) is 0.719. The molecule has 0 atom stereocenters. The number of allylic oxidation sites excluding steroid dienone is 2. The van der Waals surface area contributed by atoms with Gasteiger partial charge in [-0.05, 0) is 51.9 Å². The van der Waals surface area contributed by atoms with Crippen LogP contribution in [-0.4, -0.2) is 37.6 Å². The lowest BCUT2D eigenvalue weighted by Gasteiger charge is -2.32. The second kappa shape index (κ2) is 7.64. The third kappa shape index (κ3) is 4.50. The topological polar surface area (TPSA) is 15.3 Å². The normalized spacial score (nSPS) is 20.8. The largest absolute Gasteiger partial charge is 0.317 e. The summed E-state index contributed by atoms with van der Waals surface area (Å²) in [7, 11) is 2.07. The van der Waals surface area contributed by atoms with Gasteiger partial charge in [0.15, 0.2) is 0 Å². The number of rotatable bonds is 5. The number of piperidine rings is 1. The van der Waals surface area contributed by atoms with E-state index in [1.54, 1.807) is 0 Å². The first-order valence-electron chi connectivity index (χ1n) is 6.51. The monoisotopic (exact) mass is 222 g/mol. The van der Waals surface area contributed by atoms with E-state index >= 15 is 0 Å². The summed E-state index contributed by atoms with van der Waals surface area (Å²) in [6.07, 6.45) is 10.4. The Morgan fingerprint density at radius 1 is 1.38 bits per heavy atom. The van der Waals surface area contributed by atoms with Gasteiger partial charge in [-0.25, -0.2) is 0 Å². The number of nitrogens with one attached hydrogen (secondary N) is 1. The van der Waals surface area contributed by atoms with Gasteiger partial charge in [0, 0.05) is 12.6 Å². The Balaban J connectivity index is 2.39. The highest BCUT2D eigenvalue weighted by molar-refractivity contribution is 5.19. The maximum absolute atomic E-state index is 3.37. The third-order valence-electron chi connectivity index (χ3n) is 3.25. The summed E-state index contributed by atoms with van der Waals surface area (Å²) in [5, 5.41) is 3.37. The molecule has 0 spiro atoms. The highest BCUT2D eigenvalue weighted by Gasteiger charge is 2.17. The first kappa shape index (κ1) is 13.5. The molecule has 1 aliphatic heterocycles. The Hall–Kier alpha value is -0.600. The van der Waals surface area contributed by atoms with Crippen molar-refractivity contribution in [2.45, 2.75) is 39.2 Å². The van der Waals surface area contributed by atoms with E-state index in [2.05, 4.69) is 49.3 Å². The Bertz CT molecular complexity index is 235. The molecule has 0 aromatic heterocycles. The summed E-state index contributed by atoms with van der Waals surface area (Å²) in [4.78, 5) is 2.56. The highest BCUT2D eigenvalue weighted by Crippen LogP contribution is 2.12. The molecule has 92 valence electrons. The average Bonchev–Trinajstić information content (AvgIpc) is 2.31. The molecule has 1 rings (SSSR count). The minimum Gasteiger partial charge on any atom is -0.317 e. The molecular formula is C14H26N2. The van der Waals surface area contributed by atoms with E-state index in [-0.39, 0.29) is 0 Å². The van der Waals surface area contributed by atoms with Crippen molar-refractivity contribution in [1.82, 2.24) is 10.2 Å². The number of hydrogen-bond acceptors (Lipinski definition) is 2. The molecule has 1 aliphatic rings. The molecule has 0 aromatic carbocycles. The SMILES string of the molecule is C/C=C\C(=C/CC)CN1CCC(NC)CC1. The van der Waals surface area contributed by atoms with E-state index in [1.165, 1.54) is 31.5 Å². The van der Waals surface area contributed by atoms with E-state index in [9.17, 15) is 0 Å². The summed E-state index contributed by atoms with van der Waals surface area (Å²) in [5.74, 6) is 0. The molecule has 1 fully saturated rings. The van der Waals surface area contributed by atoms with Crippen molar-refractivity contribution in [2.24, 2.45) is 0 Å². The lowest BCUT2D eigenvalue weighted by molar-refractivity contribution is 0.217. The molecule has 0 saturated carbocycles. The summed E-state index contributed by atoms with van der Waals surface area (Å²) in [6.45, 7) is 7.87. The number of likely N-dealkylation sites (tertiary alicyclic amines) is 1. The maximum atomic E-state index is 3.37. The van der Waals surface area contributed by atoms with Crippen molar-refractivity contribution in [3.63, 3.8) is 0 Å². The fourth-order valence-electron chi connectivity index (χ4n) is 2.30. The van der Waals surface area contributed by atoms with Crippen LogP contribution < -0.4 is 5.32 Å². The molecule has 0 aromatic rings. The minimum absolute atomic E-state index is 0.733. The zero-order chi connectivity index (χ0) is 11.8. The van der Waals surface area contributed by atoms with Crippen LogP contribution in [0.1, 0.15) is 33.1 Å². The number of hydrogen-bond donors (Lipinski definition) is 1. The van der Waals surface area contributed by atoms with Gasteiger partial charge in [0.25, 0.3) is 0 Å². The molecule has 2 heteroatoms. The molecule has 1 N–H and O–H groups in total. The summed E-state index contributed by atoms with van der Waals surface area (Å²) < 4.78 is 0. The van der Waals surface area contributed by atoms with Crippen LogP contribution in [-0.2, 0) is 0 Å². The Morgan fingerprint density at radius 3 is 2.56 bits per heavy atom. The van der Waals surface area contributed by atoms with Crippen LogP contribution >= 0.6 is 0 Å². The maximum Gasteiger partial charge on any atom is 0.0230 e. The van der Waals surface area contributed by atoms with Gasteiger partial charge in [-0.2, -0.15) is 0 Å². The van der Waals surface area contributed by atoms with E-state index in [4.69, 9.17) is 0 Å². The Labute approximate surface area is 100 Å². The first-order valence-corrected chi connectivity index (χ1v) is 6.51. The molecule has 0 aliphatic carbocycles. The fraction of sp³-hybridized carbons (Fsp3) is 0.714. The van der Waals surface area contributed by atoms with E-state index in [0.717, 1.165) is 19.0 Å². The van der Waals surface area contributed by atoms with Gasteiger partial charge in [-0.15, -0.1) is 0 Å². The molecule has 1 heterocycles. The summed E-state index contributed by atoms with van der Waals surface area (Å²) >= 11 is 0. The van der Waals surface area contributed by atoms with Crippen molar-refractivity contribution >= 4 is 0 Å². The van der Waals surface area contributed by atoms with Crippen LogP contribution in [0.4, 0.5) is 0 Å². The fourth-order valence-corrected chi connectivity index (χ4v) is 2.30. The van der Waals surface area contributed by atoms with E-state index in [1.807, 2.05) is 0 Å². The Kier molecular flexibility index (Phi) is 6.43. The third-order valence-corrected chi connectivity index (χ3v) is 3.25. The summed E-state index contributed by atoms with van der Waals surface area (Å²) in [5.41, 5.74) is 1.47. The lowest BCUT2D eigenvalue weighted by Crippen LogP contribution is -2.41. The molecule has 0 amide bonds. The molecular weight excluding hydrogens is 196 g/mol. The van der Waals surface area contributed by atoms with Gasteiger partial charge in [-0.1, -0.05) is 25.2 Å². The van der Waals surface area contributed by atoms with Crippen molar-refractivity contribution in [1.29, 1.82) is 0 Å². The molecule has 0 radical (unpaired) electrons. The smallest absolute Gasteiger partial charge is 0.0230 e. The lowest BCUT2D eigenvalue weighted by atomic mass is 10.0. The van der Waals surface area contributed by atoms with Crippen molar-refractivity contribution in [3.8, 4) is 0 Å². The van der Waals surface area contributed by atoms with Gasteiger partial charge in [0.1, 0.15) is 0 Å². The zero-order valence-corrected chi connectivity index (χ0v) is 11.0. The van der Waals surface area contributed by atoms with Crippen molar-refractivity contribution in [2.75, 3.05) is 26.7 Å². The van der Waals surface area contributed by atoms with Gasteiger partial charge in [-0.3, -0.25) is 4.90 Å². The molecule has 2 nitrogen and oxygen atoms in total. The van der Waals surface area contributed by atoms with Gasteiger partial charge >= 0.3 is 0 Å². The predicted molar refractivity (Wildman–Crippen MR) is 71.7 cm³/mol. The average molecular weight is 222 g/mol. The van der Waals surface area contributed by atoms with Crippen LogP contribution in [0.25, 0.3) is 0 Å². The minimum atomic E-state index is 0.733.